The van der Waals surface area contributed by atoms with Gasteiger partial charge in [-0.1, -0.05) is 44.2 Å². The van der Waals surface area contributed by atoms with Gasteiger partial charge in [0.05, 0.1) is 6.61 Å². The van der Waals surface area contributed by atoms with Crippen molar-refractivity contribution in [3.8, 4) is 11.5 Å². The predicted octanol–water partition coefficient (Wildman–Crippen LogP) is 3.89. The molecule has 0 bridgehead atoms. The standard InChI is InChI=1S/C24H27NO5/c1-5-28-20-12-8-9-13-21(20)29-16-23(27)30-15-17(26)14-22-24(2,3)18-10-6-7-11-19(18)25(22)4/h6-14H,5,15-16H2,1-4H3. The lowest BCUT2D eigenvalue weighted by Crippen LogP contribution is -2.25. The quantitative estimate of drug-likeness (QED) is 0.487. The molecule has 30 heavy (non-hydrogen) atoms. The van der Waals surface area contributed by atoms with Crippen LogP contribution in [0.4, 0.5) is 5.69 Å². The molecule has 3 rings (SSSR count). The lowest BCUT2D eigenvalue weighted by atomic mass is 9.83. The van der Waals surface area contributed by atoms with Crippen molar-refractivity contribution in [3.63, 3.8) is 0 Å². The first-order valence-corrected chi connectivity index (χ1v) is 9.93. The molecule has 0 fully saturated rings. The summed E-state index contributed by atoms with van der Waals surface area (Å²) in [4.78, 5) is 26.5. The van der Waals surface area contributed by atoms with Gasteiger partial charge in [-0.15, -0.1) is 0 Å². The molecule has 1 aliphatic rings. The van der Waals surface area contributed by atoms with Crippen LogP contribution >= 0.6 is 0 Å². The van der Waals surface area contributed by atoms with Gasteiger partial charge < -0.3 is 19.1 Å². The molecule has 0 saturated carbocycles. The topological polar surface area (TPSA) is 65.1 Å². The third kappa shape index (κ3) is 4.48. The molecule has 0 N–H and O–H groups in total. The number of carbonyl (C=O) groups excluding carboxylic acids is 2. The van der Waals surface area contributed by atoms with Crippen LogP contribution in [-0.2, 0) is 19.7 Å². The second-order valence-electron chi connectivity index (χ2n) is 7.53. The predicted molar refractivity (Wildman–Crippen MR) is 115 cm³/mol. The van der Waals surface area contributed by atoms with Crippen molar-refractivity contribution in [2.45, 2.75) is 26.2 Å². The van der Waals surface area contributed by atoms with Crippen LogP contribution in [0.25, 0.3) is 0 Å². The van der Waals surface area contributed by atoms with E-state index in [1.165, 1.54) is 0 Å². The molecule has 0 saturated heterocycles. The van der Waals surface area contributed by atoms with Crippen LogP contribution in [-0.4, -0.2) is 38.6 Å². The van der Waals surface area contributed by atoms with Crippen LogP contribution in [0.2, 0.25) is 0 Å². The minimum absolute atomic E-state index is 0.277. The monoisotopic (exact) mass is 409 g/mol. The first-order chi connectivity index (χ1) is 14.3. The van der Waals surface area contributed by atoms with E-state index in [1.54, 1.807) is 24.3 Å². The number of carbonyl (C=O) groups is 2. The number of hydrogen-bond acceptors (Lipinski definition) is 6. The zero-order valence-corrected chi connectivity index (χ0v) is 17.8. The fraction of sp³-hybridized carbons (Fsp3) is 0.333. The normalized spacial score (nSPS) is 15.6. The number of ketones is 1. The van der Waals surface area contributed by atoms with Crippen LogP contribution in [0.5, 0.6) is 11.5 Å². The van der Waals surface area contributed by atoms with Crippen LogP contribution in [0, 0.1) is 0 Å². The van der Waals surface area contributed by atoms with E-state index < -0.39 is 5.97 Å². The van der Waals surface area contributed by atoms with E-state index >= 15 is 0 Å². The fourth-order valence-corrected chi connectivity index (χ4v) is 3.63. The number of hydrogen-bond donors (Lipinski definition) is 0. The molecule has 0 aliphatic carbocycles. The van der Waals surface area contributed by atoms with E-state index in [1.807, 2.05) is 43.1 Å². The first kappa shape index (κ1) is 21.4. The molecule has 0 atom stereocenters. The highest BCUT2D eigenvalue weighted by molar-refractivity contribution is 5.94. The van der Waals surface area contributed by atoms with Crippen LogP contribution in [0.1, 0.15) is 26.3 Å². The molecule has 6 heteroatoms. The van der Waals surface area contributed by atoms with E-state index in [-0.39, 0.29) is 24.4 Å². The van der Waals surface area contributed by atoms with E-state index in [0.29, 0.717) is 18.1 Å². The molecular formula is C24H27NO5. The average molecular weight is 409 g/mol. The Balaban J connectivity index is 1.57. The lowest BCUT2D eigenvalue weighted by molar-refractivity contribution is -0.149. The average Bonchev–Trinajstić information content (AvgIpc) is 2.93. The van der Waals surface area contributed by atoms with Crippen molar-refractivity contribution < 1.29 is 23.8 Å². The maximum Gasteiger partial charge on any atom is 0.344 e. The van der Waals surface area contributed by atoms with Crippen molar-refractivity contribution >= 4 is 17.4 Å². The molecule has 0 radical (unpaired) electrons. The summed E-state index contributed by atoms with van der Waals surface area (Å²) >= 11 is 0. The molecule has 1 heterocycles. The second kappa shape index (κ2) is 9.03. The van der Waals surface area contributed by atoms with E-state index in [4.69, 9.17) is 14.2 Å². The number of esters is 1. The highest BCUT2D eigenvalue weighted by Gasteiger charge is 2.38. The molecule has 6 nitrogen and oxygen atoms in total. The number of allylic oxidation sites excluding steroid dienone is 1. The van der Waals surface area contributed by atoms with Crippen LogP contribution in [0.15, 0.2) is 60.3 Å². The number of rotatable bonds is 8. The summed E-state index contributed by atoms with van der Waals surface area (Å²) in [7, 11) is 1.93. The molecule has 158 valence electrons. The van der Waals surface area contributed by atoms with E-state index in [0.717, 1.165) is 16.9 Å². The molecular weight excluding hydrogens is 382 g/mol. The zero-order chi connectivity index (χ0) is 21.7. The van der Waals surface area contributed by atoms with Gasteiger partial charge in [0, 0.05) is 29.9 Å². The maximum absolute atomic E-state index is 12.5. The molecule has 0 aromatic heterocycles. The Labute approximate surface area is 177 Å². The van der Waals surface area contributed by atoms with Crippen LogP contribution < -0.4 is 14.4 Å². The summed E-state index contributed by atoms with van der Waals surface area (Å²) in [5.41, 5.74) is 2.79. The number of ether oxygens (including phenoxy) is 3. The van der Waals surface area contributed by atoms with Crippen molar-refractivity contribution in [2.75, 3.05) is 31.8 Å². The van der Waals surface area contributed by atoms with Gasteiger partial charge in [0.15, 0.2) is 30.5 Å². The molecule has 0 unspecified atom stereocenters. The Kier molecular flexibility index (Phi) is 6.45. The van der Waals surface area contributed by atoms with E-state index in [2.05, 4.69) is 19.9 Å². The Morgan fingerprint density at radius 2 is 1.60 bits per heavy atom. The van der Waals surface area contributed by atoms with Gasteiger partial charge in [0.25, 0.3) is 0 Å². The third-order valence-corrected chi connectivity index (χ3v) is 5.11. The summed E-state index contributed by atoms with van der Waals surface area (Å²) in [5, 5.41) is 0. The van der Waals surface area contributed by atoms with Gasteiger partial charge in [-0.3, -0.25) is 4.79 Å². The molecule has 1 aliphatic heterocycles. The summed E-state index contributed by atoms with van der Waals surface area (Å²) in [6.07, 6.45) is 1.55. The van der Waals surface area contributed by atoms with Gasteiger partial charge in [-0.05, 0) is 30.7 Å². The number of nitrogens with zero attached hydrogens (tertiary/aromatic N) is 1. The Morgan fingerprint density at radius 3 is 2.27 bits per heavy atom. The molecule has 0 spiro atoms. The summed E-state index contributed by atoms with van der Waals surface area (Å²) in [5.74, 6) is 0.118. The molecule has 2 aromatic carbocycles. The second-order valence-corrected chi connectivity index (χ2v) is 7.53. The summed E-state index contributed by atoms with van der Waals surface area (Å²) in [6, 6.07) is 15.1. The van der Waals surface area contributed by atoms with Crippen molar-refractivity contribution in [1.82, 2.24) is 0 Å². The van der Waals surface area contributed by atoms with Gasteiger partial charge in [0.1, 0.15) is 0 Å². The van der Waals surface area contributed by atoms with Gasteiger partial charge >= 0.3 is 5.97 Å². The fourth-order valence-electron chi connectivity index (χ4n) is 3.63. The van der Waals surface area contributed by atoms with E-state index in [9.17, 15) is 9.59 Å². The maximum atomic E-state index is 12.5. The van der Waals surface area contributed by atoms with Gasteiger partial charge in [0.2, 0.25) is 0 Å². The SMILES string of the molecule is CCOc1ccccc1OCC(=O)OCC(=O)C=C1N(C)c2ccccc2C1(C)C. The number of fused-ring (bicyclic) bond motifs is 1. The highest BCUT2D eigenvalue weighted by atomic mass is 16.6. The van der Waals surface area contributed by atoms with Crippen molar-refractivity contribution in [2.24, 2.45) is 0 Å². The Hall–Kier alpha value is -3.28. The highest BCUT2D eigenvalue weighted by Crippen LogP contribution is 2.46. The Morgan fingerprint density at radius 1 is 0.967 bits per heavy atom. The number of anilines is 1. The molecule has 2 aromatic rings. The minimum Gasteiger partial charge on any atom is -0.490 e. The van der Waals surface area contributed by atoms with Gasteiger partial charge in [-0.25, -0.2) is 4.79 Å². The molecule has 0 amide bonds. The van der Waals surface area contributed by atoms with Crippen molar-refractivity contribution in [1.29, 1.82) is 0 Å². The summed E-state index contributed by atoms with van der Waals surface area (Å²) < 4.78 is 16.0. The van der Waals surface area contributed by atoms with Gasteiger partial charge in [-0.2, -0.15) is 0 Å². The zero-order valence-electron chi connectivity index (χ0n) is 17.8. The number of para-hydroxylation sites is 3. The first-order valence-electron chi connectivity index (χ1n) is 9.93. The largest absolute Gasteiger partial charge is 0.490 e. The van der Waals surface area contributed by atoms with Crippen LogP contribution in [0.3, 0.4) is 0 Å². The number of benzene rings is 2. The smallest absolute Gasteiger partial charge is 0.344 e. The van der Waals surface area contributed by atoms with Crippen molar-refractivity contribution in [3.05, 3.63) is 65.9 Å². The summed E-state index contributed by atoms with van der Waals surface area (Å²) in [6.45, 7) is 5.87. The third-order valence-electron chi connectivity index (χ3n) is 5.11. The lowest BCUT2D eigenvalue weighted by Gasteiger charge is -2.23. The number of likely N-dealkylation sites (N-methyl/N-ethyl adjacent to an activating group) is 1. The minimum atomic E-state index is -0.615. The Bertz CT molecular complexity index is 964.